The summed E-state index contributed by atoms with van der Waals surface area (Å²) in [5.41, 5.74) is 0. The Kier molecular flexibility index (Phi) is 41.4. The van der Waals surface area contributed by atoms with Gasteiger partial charge < -0.3 is 0 Å². The topological polar surface area (TPSA) is 27.7 Å². The molecule has 0 aliphatic carbocycles. The number of hydrogen-bond acceptors (Lipinski definition) is 3. The van der Waals surface area contributed by atoms with Gasteiger partial charge in [-0.25, -0.2) is 0 Å². The monoisotopic (exact) mass is 967 g/mol. The Morgan fingerprint density at radius 1 is 0.302 bits per heavy atom. The van der Waals surface area contributed by atoms with E-state index in [-0.39, 0.29) is 0 Å². The van der Waals surface area contributed by atoms with Gasteiger partial charge in [-0.2, -0.15) is 0 Å². The molecule has 0 fully saturated rings. The van der Waals surface area contributed by atoms with Gasteiger partial charge in [-0.05, 0) is 0 Å². The maximum atomic E-state index is 8.31. The van der Waals surface area contributed by atoms with Crippen LogP contribution in [0.25, 0.3) is 0 Å². The summed E-state index contributed by atoms with van der Waals surface area (Å²) in [7, 11) is 0. The first-order valence-corrected chi connectivity index (χ1v) is 37.6. The Labute approximate surface area is 347 Å². The van der Waals surface area contributed by atoms with E-state index in [0.29, 0.717) is 11.8 Å². The van der Waals surface area contributed by atoms with E-state index in [0.717, 1.165) is 13.2 Å². The molecule has 53 heavy (non-hydrogen) atoms. The fourth-order valence-corrected chi connectivity index (χ4v) is 49.8. The van der Waals surface area contributed by atoms with Gasteiger partial charge >= 0.3 is 350 Å². The van der Waals surface area contributed by atoms with E-state index in [4.69, 9.17) is 7.56 Å². The van der Waals surface area contributed by atoms with Crippen LogP contribution in [0.2, 0.25) is 17.7 Å². The molecule has 320 valence electrons. The molecule has 0 spiro atoms. The first-order valence-electron chi connectivity index (χ1n) is 24.9. The molecule has 0 saturated heterocycles. The van der Waals surface area contributed by atoms with Crippen molar-refractivity contribution < 1.29 is 7.56 Å². The van der Waals surface area contributed by atoms with Gasteiger partial charge in [0, 0.05) is 0 Å². The molecule has 0 aliphatic rings. The van der Waals surface area contributed by atoms with Gasteiger partial charge in [-0.1, -0.05) is 0 Å². The fourth-order valence-electron chi connectivity index (χ4n) is 8.18. The summed E-state index contributed by atoms with van der Waals surface area (Å²) in [5.74, 6) is 1.37. The fraction of sp³-hybridized carbons (Fsp3) is 1.00. The molecule has 0 aromatic heterocycles. The number of rotatable bonds is 44. The second-order valence-corrected chi connectivity index (χ2v) is 39.7. The molecule has 0 aromatic carbocycles. The van der Waals surface area contributed by atoms with Crippen molar-refractivity contribution in [2.24, 2.45) is 11.8 Å². The zero-order chi connectivity index (χ0) is 39.1. The van der Waals surface area contributed by atoms with Crippen molar-refractivity contribution >= 4 is 38.4 Å². The summed E-state index contributed by atoms with van der Waals surface area (Å²) >= 11 is -7.05. The van der Waals surface area contributed by atoms with Crippen LogP contribution in [0, 0.1) is 11.8 Å². The number of hydrogen-bond donors (Lipinski definition) is 0. The molecule has 2 atom stereocenters. The summed E-state index contributed by atoms with van der Waals surface area (Å²) in [4.78, 5) is 0. The van der Waals surface area contributed by atoms with Crippen LogP contribution in [0.1, 0.15) is 261 Å². The van der Waals surface area contributed by atoms with Gasteiger partial charge in [0.1, 0.15) is 0 Å². The molecule has 0 N–H and O–H groups in total. The molecule has 0 bridgehead atoms. The summed E-state index contributed by atoms with van der Waals surface area (Å²) in [5, 5.41) is 0. The summed E-state index contributed by atoms with van der Waals surface area (Å²) < 4.78 is 28.8. The molecule has 0 rings (SSSR count). The predicted molar refractivity (Wildman–Crippen MR) is 244 cm³/mol. The summed E-state index contributed by atoms with van der Waals surface area (Å²) in [6.45, 7) is 20.8. The quantitative estimate of drug-likeness (QED) is 0.0450. The van der Waals surface area contributed by atoms with Crippen LogP contribution < -0.4 is 0 Å². The molecule has 0 amide bonds. The van der Waals surface area contributed by atoms with E-state index in [1.807, 2.05) is 0 Å². The van der Waals surface area contributed by atoms with Gasteiger partial charge in [-0.3, -0.25) is 0 Å². The van der Waals surface area contributed by atoms with Crippen molar-refractivity contribution in [2.45, 2.75) is 279 Å². The van der Waals surface area contributed by atoms with Crippen LogP contribution in [-0.4, -0.2) is 51.6 Å². The Hall–Kier alpha value is 1.48. The van der Waals surface area contributed by atoms with Gasteiger partial charge in [0.15, 0.2) is 0 Å². The van der Waals surface area contributed by atoms with Crippen molar-refractivity contribution in [2.75, 3.05) is 13.2 Å². The maximum absolute atomic E-state index is 8.31. The van der Waals surface area contributed by atoms with Crippen molar-refractivity contribution in [1.29, 1.82) is 0 Å². The summed E-state index contributed by atoms with van der Waals surface area (Å²) in [6, 6.07) is 0. The predicted octanol–water partition coefficient (Wildman–Crippen LogP) is 17.8. The van der Waals surface area contributed by atoms with Crippen molar-refractivity contribution in [3.63, 3.8) is 0 Å². The van der Waals surface area contributed by atoms with E-state index < -0.39 is 38.4 Å². The van der Waals surface area contributed by atoms with E-state index in [1.165, 1.54) is 223 Å². The minimum atomic E-state index is -3.53. The molecular weight excluding hydrogens is 862 g/mol. The molecule has 2 unspecified atom stereocenters. The van der Waals surface area contributed by atoms with E-state index >= 15 is 0 Å². The van der Waals surface area contributed by atoms with Crippen molar-refractivity contribution in [3.8, 4) is 0 Å². The molecule has 0 aliphatic heterocycles. The molecule has 5 heteroatoms. The van der Waals surface area contributed by atoms with Crippen LogP contribution in [0.15, 0.2) is 0 Å². The molecule has 0 aromatic rings. The van der Waals surface area contributed by atoms with Crippen LogP contribution in [0.5, 0.6) is 0 Å². The molecule has 0 radical (unpaired) electrons. The Balaban J connectivity index is 6.76. The Bertz CT molecular complexity index is 629. The van der Waals surface area contributed by atoms with Crippen molar-refractivity contribution in [1.82, 2.24) is 0 Å². The first-order chi connectivity index (χ1) is 25.9. The first kappa shape index (κ1) is 54.5. The van der Waals surface area contributed by atoms with E-state index in [9.17, 15) is 0 Å². The van der Waals surface area contributed by atoms with Gasteiger partial charge in [0.05, 0.1) is 0 Å². The van der Waals surface area contributed by atoms with Gasteiger partial charge in [0.25, 0.3) is 0 Å². The van der Waals surface area contributed by atoms with Gasteiger partial charge in [0.2, 0.25) is 0 Å². The van der Waals surface area contributed by atoms with Crippen LogP contribution >= 0.6 is 0 Å². The van der Waals surface area contributed by atoms with Crippen LogP contribution in [-0.2, 0) is 7.56 Å². The zero-order valence-corrected chi connectivity index (χ0v) is 44.0. The second kappa shape index (κ2) is 40.3. The summed E-state index contributed by atoms with van der Waals surface area (Å²) in [6.07, 6.45) is 43.1. The molecular formula is C48H102O3Sn2. The SMILES string of the molecule is CCCCCCC[CH2][Sn]([CH2]CCCCCCC)([O]CC(CC)CCCC)[O][Sn]([CH2]CCCCCCC)([CH2]CCCCCCC)[O]CC(CC)CCCC. The third kappa shape index (κ3) is 31.1. The normalized spacial score (nSPS) is 13.6. The Morgan fingerprint density at radius 3 is 0.792 bits per heavy atom. The Morgan fingerprint density at radius 2 is 0.547 bits per heavy atom. The van der Waals surface area contributed by atoms with Gasteiger partial charge in [-0.15, -0.1) is 0 Å². The second-order valence-electron chi connectivity index (χ2n) is 17.4. The minimum absolute atomic E-state index is 0.685. The van der Waals surface area contributed by atoms with Crippen LogP contribution in [0.4, 0.5) is 0 Å². The average Bonchev–Trinajstić information content (AvgIpc) is 3.17. The average molecular weight is 965 g/mol. The van der Waals surface area contributed by atoms with Crippen molar-refractivity contribution in [3.05, 3.63) is 0 Å². The van der Waals surface area contributed by atoms with E-state index in [1.54, 1.807) is 0 Å². The zero-order valence-electron chi connectivity index (χ0n) is 38.2. The molecule has 3 nitrogen and oxygen atoms in total. The van der Waals surface area contributed by atoms with E-state index in [2.05, 4.69) is 55.4 Å². The standard InChI is InChI=1S/2C8H17O.4C8H17.O.2Sn/c2*1-3-5-6-8(4-2)7-9;4*1-3-5-7-8-6-4-2;;;/h2*8H,3-7H2,1-2H3;4*1,3-8H2,2H3;;;/q2*-1;;;;;;2*+1. The third-order valence-electron chi connectivity index (χ3n) is 12.3. The number of unbranched alkanes of at least 4 members (excludes halogenated alkanes) is 22. The molecule has 0 heterocycles. The molecule has 0 saturated carbocycles. The van der Waals surface area contributed by atoms with Crippen LogP contribution in [0.3, 0.4) is 0 Å². The third-order valence-corrected chi connectivity index (χ3v) is 45.3.